The molecule has 0 radical (unpaired) electrons. The molecular weight excluding hydrogens is 238 g/mol. The summed E-state index contributed by atoms with van der Waals surface area (Å²) in [6.45, 7) is 9.42. The molecule has 19 heavy (non-hydrogen) atoms. The maximum absolute atomic E-state index is 12.7. The molecule has 2 saturated heterocycles. The van der Waals surface area contributed by atoms with Gasteiger partial charge in [-0.15, -0.1) is 0 Å². The highest BCUT2D eigenvalue weighted by Crippen LogP contribution is 2.32. The lowest BCUT2D eigenvalue weighted by atomic mass is 9.77. The molecule has 1 unspecified atom stereocenters. The highest BCUT2D eigenvalue weighted by molar-refractivity contribution is 5.83. The SMILES string of the molecule is CC1(C)CCCNC1C(=O)N1CCN(C2CC2)CC1. The Morgan fingerprint density at radius 2 is 1.84 bits per heavy atom. The van der Waals surface area contributed by atoms with Crippen molar-refractivity contribution in [3.05, 3.63) is 0 Å². The van der Waals surface area contributed by atoms with Gasteiger partial charge in [-0.2, -0.15) is 0 Å². The maximum Gasteiger partial charge on any atom is 0.240 e. The first-order valence-corrected chi connectivity index (χ1v) is 7.84. The van der Waals surface area contributed by atoms with Crippen LogP contribution in [-0.2, 0) is 4.79 Å². The van der Waals surface area contributed by atoms with Gasteiger partial charge in [0.25, 0.3) is 0 Å². The third-order valence-electron chi connectivity index (χ3n) is 5.06. The summed E-state index contributed by atoms with van der Waals surface area (Å²) in [4.78, 5) is 17.4. The number of carbonyl (C=O) groups is 1. The highest BCUT2D eigenvalue weighted by atomic mass is 16.2. The first-order chi connectivity index (χ1) is 9.08. The van der Waals surface area contributed by atoms with Crippen molar-refractivity contribution in [1.29, 1.82) is 0 Å². The van der Waals surface area contributed by atoms with Crippen molar-refractivity contribution in [3.8, 4) is 0 Å². The van der Waals surface area contributed by atoms with E-state index in [4.69, 9.17) is 0 Å². The van der Waals surface area contributed by atoms with Gasteiger partial charge < -0.3 is 10.2 Å². The summed E-state index contributed by atoms with van der Waals surface area (Å²) in [5, 5.41) is 3.45. The van der Waals surface area contributed by atoms with E-state index < -0.39 is 0 Å². The van der Waals surface area contributed by atoms with Gasteiger partial charge >= 0.3 is 0 Å². The monoisotopic (exact) mass is 265 g/mol. The maximum atomic E-state index is 12.7. The van der Waals surface area contributed by atoms with Crippen LogP contribution in [0.2, 0.25) is 0 Å². The van der Waals surface area contributed by atoms with E-state index in [-0.39, 0.29) is 11.5 Å². The van der Waals surface area contributed by atoms with E-state index in [1.54, 1.807) is 0 Å². The van der Waals surface area contributed by atoms with E-state index in [1.165, 1.54) is 19.3 Å². The fourth-order valence-corrected chi connectivity index (χ4v) is 3.56. The number of rotatable bonds is 2. The summed E-state index contributed by atoms with van der Waals surface area (Å²) in [7, 11) is 0. The normalized spacial score (nSPS) is 32.3. The van der Waals surface area contributed by atoms with Gasteiger partial charge in [0.15, 0.2) is 0 Å². The topological polar surface area (TPSA) is 35.6 Å². The summed E-state index contributed by atoms with van der Waals surface area (Å²) in [5.41, 5.74) is 0.100. The fraction of sp³-hybridized carbons (Fsp3) is 0.933. The van der Waals surface area contributed by atoms with Crippen LogP contribution in [0.25, 0.3) is 0 Å². The van der Waals surface area contributed by atoms with E-state index in [9.17, 15) is 4.79 Å². The van der Waals surface area contributed by atoms with E-state index in [2.05, 4.69) is 29.0 Å². The second-order valence-electron chi connectivity index (χ2n) is 7.07. The second kappa shape index (κ2) is 5.06. The van der Waals surface area contributed by atoms with Gasteiger partial charge in [0.1, 0.15) is 0 Å². The predicted octanol–water partition coefficient (Wildman–Crippen LogP) is 1.07. The van der Waals surface area contributed by atoms with Crippen LogP contribution in [0, 0.1) is 5.41 Å². The molecule has 1 amide bonds. The van der Waals surface area contributed by atoms with E-state index in [0.29, 0.717) is 5.91 Å². The molecule has 2 aliphatic heterocycles. The van der Waals surface area contributed by atoms with Crippen molar-refractivity contribution in [1.82, 2.24) is 15.1 Å². The number of nitrogens with one attached hydrogen (secondary N) is 1. The molecule has 3 rings (SSSR count). The van der Waals surface area contributed by atoms with Gasteiger partial charge in [0.05, 0.1) is 6.04 Å². The molecule has 3 aliphatic rings. The Bertz CT molecular complexity index is 343. The first kappa shape index (κ1) is 13.4. The summed E-state index contributed by atoms with van der Waals surface area (Å²) in [6, 6.07) is 0.857. The minimum absolute atomic E-state index is 0.0220. The van der Waals surface area contributed by atoms with Gasteiger partial charge in [-0.1, -0.05) is 13.8 Å². The molecule has 1 saturated carbocycles. The molecule has 0 aromatic heterocycles. The molecule has 4 nitrogen and oxygen atoms in total. The van der Waals surface area contributed by atoms with Crippen LogP contribution in [0.15, 0.2) is 0 Å². The largest absolute Gasteiger partial charge is 0.339 e. The van der Waals surface area contributed by atoms with Crippen molar-refractivity contribution in [3.63, 3.8) is 0 Å². The molecular formula is C15H27N3O. The standard InChI is InChI=1S/C15H27N3O/c1-15(2)6-3-7-16-13(15)14(19)18-10-8-17(9-11-18)12-4-5-12/h12-13,16H,3-11H2,1-2H3. The van der Waals surface area contributed by atoms with Crippen LogP contribution >= 0.6 is 0 Å². The Balaban J connectivity index is 1.57. The summed E-state index contributed by atoms with van der Waals surface area (Å²) in [6.07, 6.45) is 5.07. The highest BCUT2D eigenvalue weighted by Gasteiger charge is 2.40. The van der Waals surface area contributed by atoms with Crippen LogP contribution in [0.1, 0.15) is 39.5 Å². The molecule has 0 bridgehead atoms. The minimum Gasteiger partial charge on any atom is -0.339 e. The Hall–Kier alpha value is -0.610. The number of nitrogens with zero attached hydrogens (tertiary/aromatic N) is 2. The molecule has 0 spiro atoms. The van der Waals surface area contributed by atoms with Crippen LogP contribution in [-0.4, -0.2) is 60.5 Å². The molecule has 3 fully saturated rings. The molecule has 1 atom stereocenters. The van der Waals surface area contributed by atoms with Crippen molar-refractivity contribution in [2.24, 2.45) is 5.41 Å². The Kier molecular flexibility index (Phi) is 3.56. The average molecular weight is 265 g/mol. The quantitative estimate of drug-likeness (QED) is 0.811. The zero-order chi connectivity index (χ0) is 13.5. The smallest absolute Gasteiger partial charge is 0.240 e. The third-order valence-corrected chi connectivity index (χ3v) is 5.06. The van der Waals surface area contributed by atoms with Crippen molar-refractivity contribution in [2.45, 2.75) is 51.6 Å². The number of hydrogen-bond acceptors (Lipinski definition) is 3. The van der Waals surface area contributed by atoms with Gasteiger partial charge in [0, 0.05) is 32.2 Å². The van der Waals surface area contributed by atoms with Crippen molar-refractivity contribution in [2.75, 3.05) is 32.7 Å². The van der Waals surface area contributed by atoms with Gasteiger partial charge in [-0.25, -0.2) is 0 Å². The summed E-state index contributed by atoms with van der Waals surface area (Å²) in [5.74, 6) is 0.333. The number of piperazine rings is 1. The molecule has 108 valence electrons. The van der Waals surface area contributed by atoms with Crippen LogP contribution < -0.4 is 5.32 Å². The Labute approximate surface area is 116 Å². The number of hydrogen-bond donors (Lipinski definition) is 1. The molecule has 0 aromatic rings. The fourth-order valence-electron chi connectivity index (χ4n) is 3.56. The van der Waals surface area contributed by atoms with Crippen LogP contribution in [0.3, 0.4) is 0 Å². The average Bonchev–Trinajstić information content (AvgIpc) is 3.22. The lowest BCUT2D eigenvalue weighted by Gasteiger charge is -2.43. The van der Waals surface area contributed by atoms with E-state index >= 15 is 0 Å². The zero-order valence-corrected chi connectivity index (χ0v) is 12.3. The number of piperidine rings is 1. The van der Waals surface area contributed by atoms with Gasteiger partial charge in [-0.05, 0) is 37.6 Å². The number of amides is 1. The van der Waals surface area contributed by atoms with Gasteiger partial charge in [-0.3, -0.25) is 9.69 Å². The van der Waals surface area contributed by atoms with Crippen LogP contribution in [0.4, 0.5) is 0 Å². The summed E-state index contributed by atoms with van der Waals surface area (Å²) >= 11 is 0. The molecule has 4 heteroatoms. The number of carbonyl (C=O) groups excluding carboxylic acids is 1. The lowest BCUT2D eigenvalue weighted by molar-refractivity contribution is -0.139. The first-order valence-electron chi connectivity index (χ1n) is 7.84. The second-order valence-corrected chi connectivity index (χ2v) is 7.07. The molecule has 1 aliphatic carbocycles. The van der Waals surface area contributed by atoms with E-state index in [1.807, 2.05) is 0 Å². The van der Waals surface area contributed by atoms with Crippen LogP contribution in [0.5, 0.6) is 0 Å². The Morgan fingerprint density at radius 1 is 1.16 bits per heavy atom. The van der Waals surface area contributed by atoms with Gasteiger partial charge in [0.2, 0.25) is 5.91 Å². The van der Waals surface area contributed by atoms with Crippen molar-refractivity contribution < 1.29 is 4.79 Å². The van der Waals surface area contributed by atoms with E-state index in [0.717, 1.165) is 45.2 Å². The lowest BCUT2D eigenvalue weighted by Crippen LogP contribution is -2.59. The predicted molar refractivity (Wildman–Crippen MR) is 76.0 cm³/mol. The third kappa shape index (κ3) is 2.79. The molecule has 0 aromatic carbocycles. The molecule has 2 heterocycles. The minimum atomic E-state index is 0.0220. The van der Waals surface area contributed by atoms with Crippen molar-refractivity contribution >= 4 is 5.91 Å². The Morgan fingerprint density at radius 3 is 2.42 bits per heavy atom. The summed E-state index contributed by atoms with van der Waals surface area (Å²) < 4.78 is 0. The molecule has 1 N–H and O–H groups in total. The zero-order valence-electron chi connectivity index (χ0n) is 12.3.